The minimum Gasteiger partial charge on any atom is -0.489 e. The van der Waals surface area contributed by atoms with Crippen molar-refractivity contribution in [2.45, 2.75) is 32.9 Å². The molecule has 3 rings (SSSR count). The van der Waals surface area contributed by atoms with E-state index in [1.165, 1.54) is 0 Å². The molecular weight excluding hydrogens is 352 g/mol. The molecule has 0 spiro atoms. The summed E-state index contributed by atoms with van der Waals surface area (Å²) in [5, 5.41) is 14.1. The lowest BCUT2D eigenvalue weighted by Crippen LogP contribution is -2.32. The van der Waals surface area contributed by atoms with Crippen molar-refractivity contribution >= 4 is 17.4 Å². The van der Waals surface area contributed by atoms with E-state index in [0.717, 1.165) is 23.4 Å². The molecule has 2 aromatic carbocycles. The molecule has 144 valence electrons. The van der Waals surface area contributed by atoms with Crippen LogP contribution in [0.15, 0.2) is 66.7 Å². The van der Waals surface area contributed by atoms with Crippen molar-refractivity contribution < 1.29 is 9.53 Å². The summed E-state index contributed by atoms with van der Waals surface area (Å²) in [6.07, 6.45) is 0.865. The van der Waals surface area contributed by atoms with E-state index in [1.807, 2.05) is 68.4 Å². The molecule has 1 amide bonds. The Bertz CT molecular complexity index is 881. The van der Waals surface area contributed by atoms with Gasteiger partial charge in [0.2, 0.25) is 0 Å². The van der Waals surface area contributed by atoms with Gasteiger partial charge in [-0.3, -0.25) is 4.79 Å². The Balaban J connectivity index is 1.54. The Morgan fingerprint density at radius 1 is 1.00 bits per heavy atom. The number of amides is 1. The summed E-state index contributed by atoms with van der Waals surface area (Å²) >= 11 is 0. The standard InChI is InChI=1S/C22H24N4O2/c1-3-16(2)23-22(27)20-13-14-21(26-25-20)24-18-9-11-19(12-10-18)28-15-17-7-5-4-6-8-17/h4-14,16H,3,15H2,1-2H3,(H,23,27)(H,24,26). The van der Waals surface area contributed by atoms with Gasteiger partial charge in [0.15, 0.2) is 11.5 Å². The van der Waals surface area contributed by atoms with E-state index in [2.05, 4.69) is 20.8 Å². The number of hydrogen-bond acceptors (Lipinski definition) is 5. The number of ether oxygens (including phenoxy) is 1. The number of hydrogen-bond donors (Lipinski definition) is 2. The average Bonchev–Trinajstić information content (AvgIpc) is 2.74. The molecule has 0 fully saturated rings. The van der Waals surface area contributed by atoms with Gasteiger partial charge in [-0.25, -0.2) is 0 Å². The molecule has 1 unspecified atom stereocenters. The normalized spacial score (nSPS) is 11.5. The molecule has 0 aliphatic rings. The number of carbonyl (C=O) groups excluding carboxylic acids is 1. The molecule has 1 atom stereocenters. The molecule has 3 aromatic rings. The Hall–Kier alpha value is -3.41. The zero-order valence-corrected chi connectivity index (χ0v) is 16.1. The zero-order valence-electron chi connectivity index (χ0n) is 16.1. The number of carbonyl (C=O) groups is 1. The highest BCUT2D eigenvalue weighted by atomic mass is 16.5. The lowest BCUT2D eigenvalue weighted by atomic mass is 10.2. The van der Waals surface area contributed by atoms with Gasteiger partial charge in [0, 0.05) is 11.7 Å². The first-order chi connectivity index (χ1) is 13.6. The monoisotopic (exact) mass is 376 g/mol. The van der Waals surface area contributed by atoms with Gasteiger partial charge in [0.05, 0.1) is 0 Å². The fraction of sp³-hybridized carbons (Fsp3) is 0.227. The highest BCUT2D eigenvalue weighted by Crippen LogP contribution is 2.19. The smallest absolute Gasteiger partial charge is 0.272 e. The highest BCUT2D eigenvalue weighted by Gasteiger charge is 2.10. The van der Waals surface area contributed by atoms with Crippen molar-refractivity contribution in [1.82, 2.24) is 15.5 Å². The van der Waals surface area contributed by atoms with E-state index in [0.29, 0.717) is 18.1 Å². The van der Waals surface area contributed by atoms with Crippen molar-refractivity contribution in [3.05, 3.63) is 78.0 Å². The lowest BCUT2D eigenvalue weighted by Gasteiger charge is -2.11. The second-order valence-corrected chi connectivity index (χ2v) is 6.51. The Morgan fingerprint density at radius 3 is 2.39 bits per heavy atom. The minimum absolute atomic E-state index is 0.106. The van der Waals surface area contributed by atoms with Crippen LogP contribution in [0.25, 0.3) is 0 Å². The predicted octanol–water partition coefficient (Wildman–Crippen LogP) is 4.33. The third-order valence-corrected chi connectivity index (χ3v) is 4.26. The molecule has 0 radical (unpaired) electrons. The van der Waals surface area contributed by atoms with Crippen LogP contribution in [0, 0.1) is 0 Å². The molecule has 1 aromatic heterocycles. The molecule has 1 heterocycles. The molecule has 0 saturated heterocycles. The molecule has 6 nitrogen and oxygen atoms in total. The van der Waals surface area contributed by atoms with Gasteiger partial charge in [-0.2, -0.15) is 0 Å². The zero-order chi connectivity index (χ0) is 19.8. The summed E-state index contributed by atoms with van der Waals surface area (Å²) in [5.41, 5.74) is 2.28. The van der Waals surface area contributed by atoms with Gasteiger partial charge in [0.25, 0.3) is 5.91 Å². The van der Waals surface area contributed by atoms with Crippen molar-refractivity contribution in [3.63, 3.8) is 0 Å². The van der Waals surface area contributed by atoms with Crippen molar-refractivity contribution in [2.75, 3.05) is 5.32 Å². The third kappa shape index (κ3) is 5.54. The molecule has 0 saturated carbocycles. The first-order valence-corrected chi connectivity index (χ1v) is 9.32. The number of rotatable bonds is 8. The quantitative estimate of drug-likeness (QED) is 0.612. The van der Waals surface area contributed by atoms with E-state index in [9.17, 15) is 4.79 Å². The van der Waals surface area contributed by atoms with Crippen LogP contribution in [0.2, 0.25) is 0 Å². The maximum atomic E-state index is 12.0. The van der Waals surface area contributed by atoms with Crippen LogP contribution < -0.4 is 15.4 Å². The topological polar surface area (TPSA) is 76.1 Å². The third-order valence-electron chi connectivity index (χ3n) is 4.26. The van der Waals surface area contributed by atoms with Crippen LogP contribution in [0.1, 0.15) is 36.3 Å². The van der Waals surface area contributed by atoms with E-state index in [-0.39, 0.29) is 11.9 Å². The molecule has 0 bridgehead atoms. The van der Waals surface area contributed by atoms with Crippen LogP contribution in [-0.2, 0) is 6.61 Å². The predicted molar refractivity (Wildman–Crippen MR) is 110 cm³/mol. The van der Waals surface area contributed by atoms with Crippen LogP contribution in [0.3, 0.4) is 0 Å². The van der Waals surface area contributed by atoms with Crippen LogP contribution in [-0.4, -0.2) is 22.1 Å². The first kappa shape index (κ1) is 19.4. The number of benzene rings is 2. The van der Waals surface area contributed by atoms with E-state index in [1.54, 1.807) is 12.1 Å². The highest BCUT2D eigenvalue weighted by molar-refractivity contribution is 5.92. The van der Waals surface area contributed by atoms with Gasteiger partial charge in [0.1, 0.15) is 12.4 Å². The molecule has 0 aliphatic carbocycles. The van der Waals surface area contributed by atoms with E-state index < -0.39 is 0 Å². The largest absolute Gasteiger partial charge is 0.489 e. The molecular formula is C22H24N4O2. The summed E-state index contributed by atoms with van der Waals surface area (Å²) in [6, 6.07) is 21.1. The van der Waals surface area contributed by atoms with Crippen LogP contribution in [0.5, 0.6) is 5.75 Å². The van der Waals surface area contributed by atoms with Crippen molar-refractivity contribution in [3.8, 4) is 5.75 Å². The fourth-order valence-electron chi connectivity index (χ4n) is 2.44. The lowest BCUT2D eigenvalue weighted by molar-refractivity contribution is 0.0933. The van der Waals surface area contributed by atoms with Crippen LogP contribution in [0.4, 0.5) is 11.5 Å². The Kier molecular flexibility index (Phi) is 6.57. The van der Waals surface area contributed by atoms with Gasteiger partial charge in [-0.1, -0.05) is 37.3 Å². The van der Waals surface area contributed by atoms with Crippen molar-refractivity contribution in [2.24, 2.45) is 0 Å². The molecule has 28 heavy (non-hydrogen) atoms. The second kappa shape index (κ2) is 9.50. The second-order valence-electron chi connectivity index (χ2n) is 6.51. The van der Waals surface area contributed by atoms with E-state index >= 15 is 0 Å². The summed E-state index contributed by atoms with van der Waals surface area (Å²) in [5.74, 6) is 1.14. The first-order valence-electron chi connectivity index (χ1n) is 9.32. The van der Waals surface area contributed by atoms with Gasteiger partial charge in [-0.05, 0) is 55.3 Å². The minimum atomic E-state index is -0.215. The van der Waals surface area contributed by atoms with Gasteiger partial charge >= 0.3 is 0 Å². The summed E-state index contributed by atoms with van der Waals surface area (Å²) in [7, 11) is 0. The van der Waals surface area contributed by atoms with E-state index in [4.69, 9.17) is 4.74 Å². The molecule has 2 N–H and O–H groups in total. The van der Waals surface area contributed by atoms with Crippen molar-refractivity contribution in [1.29, 1.82) is 0 Å². The summed E-state index contributed by atoms with van der Waals surface area (Å²) < 4.78 is 5.78. The maximum Gasteiger partial charge on any atom is 0.272 e. The average molecular weight is 376 g/mol. The maximum absolute atomic E-state index is 12.0. The summed E-state index contributed by atoms with van der Waals surface area (Å²) in [4.78, 5) is 12.0. The number of anilines is 2. The van der Waals surface area contributed by atoms with Gasteiger partial charge in [-0.15, -0.1) is 10.2 Å². The molecule has 0 aliphatic heterocycles. The Morgan fingerprint density at radius 2 is 1.75 bits per heavy atom. The fourth-order valence-corrected chi connectivity index (χ4v) is 2.44. The Labute approximate surface area is 165 Å². The number of nitrogens with zero attached hydrogens (tertiary/aromatic N) is 2. The number of aromatic nitrogens is 2. The molecule has 6 heteroatoms. The van der Waals surface area contributed by atoms with Crippen LogP contribution >= 0.6 is 0 Å². The summed E-state index contributed by atoms with van der Waals surface area (Å²) in [6.45, 7) is 4.50. The number of nitrogens with one attached hydrogen (secondary N) is 2. The van der Waals surface area contributed by atoms with Gasteiger partial charge < -0.3 is 15.4 Å². The SMILES string of the molecule is CCC(C)NC(=O)c1ccc(Nc2ccc(OCc3ccccc3)cc2)nn1.